The van der Waals surface area contributed by atoms with E-state index in [0.29, 0.717) is 5.75 Å². The minimum absolute atomic E-state index is 0.185. The number of benzene rings is 1. The van der Waals surface area contributed by atoms with Crippen LogP contribution in [0.5, 0.6) is 0 Å². The molecule has 21 heavy (non-hydrogen) atoms. The summed E-state index contributed by atoms with van der Waals surface area (Å²) in [6, 6.07) is 6.21. The lowest BCUT2D eigenvalue weighted by Gasteiger charge is -2.15. The van der Waals surface area contributed by atoms with Crippen molar-refractivity contribution in [2.75, 3.05) is 5.75 Å². The predicted octanol–water partition coefficient (Wildman–Crippen LogP) is 4.37. The molecule has 0 saturated carbocycles. The third kappa shape index (κ3) is 3.56. The van der Waals surface area contributed by atoms with Crippen LogP contribution in [-0.2, 0) is 11.2 Å². The van der Waals surface area contributed by atoms with E-state index >= 15 is 0 Å². The number of para-hydroxylation sites is 1. The number of carbonyl (C=O) groups is 1. The molecule has 0 fully saturated rings. The van der Waals surface area contributed by atoms with Gasteiger partial charge in [0.25, 0.3) is 0 Å². The molecule has 0 radical (unpaired) electrons. The molecule has 2 aromatic rings. The van der Waals surface area contributed by atoms with Gasteiger partial charge < -0.3 is 5.11 Å². The smallest absolute Gasteiger partial charge is 0.304 e. The van der Waals surface area contributed by atoms with Crippen molar-refractivity contribution in [3.8, 4) is 0 Å². The highest BCUT2D eigenvalue weighted by Gasteiger charge is 2.14. The Kier molecular flexibility index (Phi) is 5.23. The van der Waals surface area contributed by atoms with Gasteiger partial charge in [-0.3, -0.25) is 9.78 Å². The molecular weight excluding hydrogens is 282 g/mol. The number of hydrogen-bond donors (Lipinski definition) is 1. The third-order valence-corrected chi connectivity index (χ3v) is 4.70. The van der Waals surface area contributed by atoms with E-state index in [-0.39, 0.29) is 6.42 Å². The van der Waals surface area contributed by atoms with Gasteiger partial charge >= 0.3 is 5.97 Å². The number of nitrogens with zero attached hydrogens (tertiary/aromatic N) is 1. The first-order chi connectivity index (χ1) is 10.0. The van der Waals surface area contributed by atoms with Crippen LogP contribution < -0.4 is 0 Å². The predicted molar refractivity (Wildman–Crippen MR) is 88.2 cm³/mol. The fourth-order valence-corrected chi connectivity index (χ4v) is 3.73. The van der Waals surface area contributed by atoms with E-state index in [4.69, 9.17) is 10.1 Å². The Morgan fingerprint density at radius 2 is 2.10 bits per heavy atom. The topological polar surface area (TPSA) is 50.2 Å². The maximum Gasteiger partial charge on any atom is 0.304 e. The van der Waals surface area contributed by atoms with Crippen molar-refractivity contribution in [3.05, 3.63) is 35.0 Å². The molecule has 0 aliphatic carbocycles. The van der Waals surface area contributed by atoms with E-state index in [1.54, 1.807) is 11.8 Å². The van der Waals surface area contributed by atoms with Gasteiger partial charge in [0.2, 0.25) is 0 Å². The van der Waals surface area contributed by atoms with Crippen LogP contribution in [0.2, 0.25) is 0 Å². The van der Waals surface area contributed by atoms with Gasteiger partial charge in [0.05, 0.1) is 11.9 Å². The molecule has 0 atom stereocenters. The Hall–Kier alpha value is -1.55. The molecule has 1 aromatic heterocycles. The summed E-state index contributed by atoms with van der Waals surface area (Å²) in [5.74, 6) is -0.149. The third-order valence-electron chi connectivity index (χ3n) is 3.54. The largest absolute Gasteiger partial charge is 0.481 e. The molecule has 1 heterocycles. The fourth-order valence-electron chi connectivity index (χ4n) is 2.50. The number of thioether (sulfide) groups is 1. The first kappa shape index (κ1) is 15.8. The minimum Gasteiger partial charge on any atom is -0.481 e. The van der Waals surface area contributed by atoms with Gasteiger partial charge in [-0.25, -0.2) is 0 Å². The molecule has 112 valence electrons. The number of aromatic nitrogens is 1. The van der Waals surface area contributed by atoms with Gasteiger partial charge in [-0.15, -0.1) is 11.8 Å². The van der Waals surface area contributed by atoms with Crippen LogP contribution in [0.25, 0.3) is 10.9 Å². The highest BCUT2D eigenvalue weighted by atomic mass is 32.2. The molecule has 0 spiro atoms. The SMILES string of the molecule is CCCc1c(C)nc2c(C)cccc2c1SCCC(=O)O. The second-order valence-electron chi connectivity index (χ2n) is 5.22. The molecule has 2 rings (SSSR count). The maximum absolute atomic E-state index is 10.8. The zero-order valence-electron chi connectivity index (χ0n) is 12.8. The van der Waals surface area contributed by atoms with E-state index in [1.165, 1.54) is 16.0 Å². The lowest BCUT2D eigenvalue weighted by atomic mass is 10.0. The highest BCUT2D eigenvalue weighted by molar-refractivity contribution is 7.99. The Balaban J connectivity index is 2.52. The standard InChI is InChI=1S/C17H21NO2S/c1-4-6-13-12(3)18-16-11(2)7-5-8-14(16)17(13)21-10-9-15(19)20/h5,7-8H,4,6,9-10H2,1-3H3,(H,19,20). The van der Waals surface area contributed by atoms with Crippen molar-refractivity contribution in [2.24, 2.45) is 0 Å². The number of pyridine rings is 1. The lowest BCUT2D eigenvalue weighted by molar-refractivity contribution is -0.136. The zero-order valence-corrected chi connectivity index (χ0v) is 13.6. The Bertz CT molecular complexity index is 667. The molecule has 1 aromatic carbocycles. The lowest BCUT2D eigenvalue weighted by Crippen LogP contribution is -2.01. The quantitative estimate of drug-likeness (QED) is 0.805. The van der Waals surface area contributed by atoms with Crippen LogP contribution >= 0.6 is 11.8 Å². The van der Waals surface area contributed by atoms with Crippen molar-refractivity contribution in [1.29, 1.82) is 0 Å². The molecule has 4 heteroatoms. The molecule has 1 N–H and O–H groups in total. The van der Waals surface area contributed by atoms with Crippen molar-refractivity contribution in [1.82, 2.24) is 4.98 Å². The average Bonchev–Trinajstić information content (AvgIpc) is 2.43. The van der Waals surface area contributed by atoms with Crippen LogP contribution in [0.1, 0.15) is 36.6 Å². The summed E-state index contributed by atoms with van der Waals surface area (Å²) in [6.07, 6.45) is 2.23. The fraction of sp³-hybridized carbons (Fsp3) is 0.412. The zero-order chi connectivity index (χ0) is 15.4. The van der Waals surface area contributed by atoms with Crippen molar-refractivity contribution < 1.29 is 9.90 Å². The van der Waals surface area contributed by atoms with Crippen molar-refractivity contribution in [3.63, 3.8) is 0 Å². The molecule has 0 unspecified atom stereocenters. The first-order valence-corrected chi connectivity index (χ1v) is 8.26. The number of hydrogen-bond acceptors (Lipinski definition) is 3. The van der Waals surface area contributed by atoms with E-state index < -0.39 is 5.97 Å². The Labute approximate surface area is 129 Å². The Morgan fingerprint density at radius 3 is 2.76 bits per heavy atom. The highest BCUT2D eigenvalue weighted by Crippen LogP contribution is 2.34. The number of carboxylic acids is 1. The van der Waals surface area contributed by atoms with Gasteiger partial charge in [0.15, 0.2) is 0 Å². The Morgan fingerprint density at radius 1 is 1.33 bits per heavy atom. The first-order valence-electron chi connectivity index (χ1n) is 7.28. The van der Waals surface area contributed by atoms with Crippen molar-refractivity contribution in [2.45, 2.75) is 44.9 Å². The van der Waals surface area contributed by atoms with Gasteiger partial charge in [-0.1, -0.05) is 31.5 Å². The minimum atomic E-state index is -0.745. The number of rotatable bonds is 6. The maximum atomic E-state index is 10.8. The average molecular weight is 303 g/mol. The normalized spacial score (nSPS) is 11.0. The molecule has 0 aliphatic heterocycles. The number of fused-ring (bicyclic) bond motifs is 1. The molecule has 3 nitrogen and oxygen atoms in total. The summed E-state index contributed by atoms with van der Waals surface area (Å²) >= 11 is 1.65. The molecule has 0 bridgehead atoms. The van der Waals surface area contributed by atoms with Crippen LogP contribution in [-0.4, -0.2) is 21.8 Å². The van der Waals surface area contributed by atoms with E-state index in [0.717, 1.165) is 29.4 Å². The van der Waals surface area contributed by atoms with E-state index in [1.807, 2.05) is 6.07 Å². The van der Waals surface area contributed by atoms with E-state index in [2.05, 4.69) is 32.9 Å². The summed E-state index contributed by atoms with van der Waals surface area (Å²) < 4.78 is 0. The summed E-state index contributed by atoms with van der Waals surface area (Å²) in [5, 5.41) is 10.0. The molecule has 0 saturated heterocycles. The number of aliphatic carboxylic acids is 1. The molecular formula is C17H21NO2S. The van der Waals surface area contributed by atoms with E-state index in [9.17, 15) is 4.79 Å². The molecule has 0 aliphatic rings. The molecule has 0 amide bonds. The van der Waals surface area contributed by atoms with Crippen LogP contribution in [0.15, 0.2) is 23.1 Å². The second kappa shape index (κ2) is 6.94. The summed E-state index contributed by atoms with van der Waals surface area (Å²) in [7, 11) is 0. The van der Waals surface area contributed by atoms with Gasteiger partial charge in [-0.2, -0.15) is 0 Å². The van der Waals surface area contributed by atoms with Gasteiger partial charge in [0, 0.05) is 21.7 Å². The van der Waals surface area contributed by atoms with Gasteiger partial charge in [0.1, 0.15) is 0 Å². The number of aryl methyl sites for hydroxylation is 2. The summed E-state index contributed by atoms with van der Waals surface area (Å²) in [4.78, 5) is 16.7. The van der Waals surface area contributed by atoms with Crippen LogP contribution in [0.3, 0.4) is 0 Å². The monoisotopic (exact) mass is 303 g/mol. The van der Waals surface area contributed by atoms with Crippen LogP contribution in [0, 0.1) is 13.8 Å². The van der Waals surface area contributed by atoms with Crippen molar-refractivity contribution >= 4 is 28.6 Å². The van der Waals surface area contributed by atoms with Gasteiger partial charge in [-0.05, 0) is 31.4 Å². The second-order valence-corrected chi connectivity index (χ2v) is 6.32. The number of carboxylic acid groups (broad SMARTS) is 1. The summed E-state index contributed by atoms with van der Waals surface area (Å²) in [6.45, 7) is 6.28. The van der Waals surface area contributed by atoms with Crippen LogP contribution in [0.4, 0.5) is 0 Å². The summed E-state index contributed by atoms with van der Waals surface area (Å²) in [5.41, 5.74) is 4.54.